The van der Waals surface area contributed by atoms with Crippen LogP contribution in [0.2, 0.25) is 0 Å². The maximum Gasteiger partial charge on any atom is 0.131 e. The lowest BCUT2D eigenvalue weighted by Gasteiger charge is -2.14. The SMILES string of the molecule is Cc1cc(C(N)c2nccn2C)c(F)cc1F. The van der Waals surface area contributed by atoms with E-state index in [4.69, 9.17) is 5.73 Å². The zero-order chi connectivity index (χ0) is 12.6. The van der Waals surface area contributed by atoms with Crippen molar-refractivity contribution in [3.05, 3.63) is 53.1 Å². The standard InChI is InChI=1S/C12H13F2N3/c1-7-5-8(10(14)6-9(7)13)11(15)12-16-3-4-17(12)2/h3-6,11H,15H2,1-2H3. The van der Waals surface area contributed by atoms with Gasteiger partial charge >= 0.3 is 0 Å². The van der Waals surface area contributed by atoms with E-state index in [1.165, 1.54) is 6.07 Å². The summed E-state index contributed by atoms with van der Waals surface area (Å²) in [6.07, 6.45) is 3.31. The second-order valence-electron chi connectivity index (χ2n) is 4.00. The van der Waals surface area contributed by atoms with Gasteiger partial charge in [-0.1, -0.05) is 0 Å². The van der Waals surface area contributed by atoms with Crippen molar-refractivity contribution in [1.29, 1.82) is 0 Å². The van der Waals surface area contributed by atoms with E-state index in [9.17, 15) is 8.78 Å². The Morgan fingerprint density at radius 1 is 1.29 bits per heavy atom. The van der Waals surface area contributed by atoms with Gasteiger partial charge in [-0.3, -0.25) is 0 Å². The number of rotatable bonds is 2. The van der Waals surface area contributed by atoms with E-state index in [1.54, 1.807) is 30.9 Å². The third kappa shape index (κ3) is 2.06. The highest BCUT2D eigenvalue weighted by molar-refractivity contribution is 5.31. The van der Waals surface area contributed by atoms with Crippen molar-refractivity contribution in [3.63, 3.8) is 0 Å². The largest absolute Gasteiger partial charge is 0.336 e. The molecule has 2 aromatic rings. The molecule has 17 heavy (non-hydrogen) atoms. The van der Waals surface area contributed by atoms with Gasteiger partial charge in [0.15, 0.2) is 0 Å². The molecule has 1 aromatic carbocycles. The van der Waals surface area contributed by atoms with Gasteiger partial charge in [-0.15, -0.1) is 0 Å². The van der Waals surface area contributed by atoms with Crippen LogP contribution in [-0.2, 0) is 7.05 Å². The Bertz CT molecular complexity index is 549. The molecular formula is C12H13F2N3. The van der Waals surface area contributed by atoms with Crippen LogP contribution in [0.3, 0.4) is 0 Å². The van der Waals surface area contributed by atoms with Crippen LogP contribution in [0.15, 0.2) is 24.5 Å². The van der Waals surface area contributed by atoms with Gasteiger partial charge in [0.1, 0.15) is 17.5 Å². The van der Waals surface area contributed by atoms with E-state index in [0.29, 0.717) is 11.4 Å². The van der Waals surface area contributed by atoms with Gasteiger partial charge in [0, 0.05) is 31.1 Å². The summed E-state index contributed by atoms with van der Waals surface area (Å²) >= 11 is 0. The van der Waals surface area contributed by atoms with E-state index in [2.05, 4.69) is 4.98 Å². The summed E-state index contributed by atoms with van der Waals surface area (Å²) in [5.41, 5.74) is 6.55. The van der Waals surface area contributed by atoms with Gasteiger partial charge in [-0.25, -0.2) is 13.8 Å². The van der Waals surface area contributed by atoms with Gasteiger partial charge in [0.05, 0.1) is 6.04 Å². The van der Waals surface area contributed by atoms with Crippen LogP contribution in [0.25, 0.3) is 0 Å². The number of halogens is 2. The maximum atomic E-state index is 13.6. The molecule has 1 atom stereocenters. The molecule has 0 aliphatic carbocycles. The molecule has 90 valence electrons. The molecule has 2 N–H and O–H groups in total. The number of hydrogen-bond donors (Lipinski definition) is 1. The first kappa shape index (κ1) is 11.7. The van der Waals surface area contributed by atoms with Crippen LogP contribution < -0.4 is 5.73 Å². The molecule has 0 spiro atoms. The number of hydrogen-bond acceptors (Lipinski definition) is 2. The Hall–Kier alpha value is -1.75. The normalized spacial score (nSPS) is 12.8. The summed E-state index contributed by atoms with van der Waals surface area (Å²) in [6, 6.07) is 1.58. The van der Waals surface area contributed by atoms with Gasteiger partial charge in [0.2, 0.25) is 0 Å². The van der Waals surface area contributed by atoms with Crippen LogP contribution in [0.4, 0.5) is 8.78 Å². The van der Waals surface area contributed by atoms with Crippen LogP contribution >= 0.6 is 0 Å². The van der Waals surface area contributed by atoms with Crippen molar-refractivity contribution >= 4 is 0 Å². The second-order valence-corrected chi connectivity index (χ2v) is 4.00. The van der Waals surface area contributed by atoms with Crippen molar-refractivity contribution < 1.29 is 8.78 Å². The fourth-order valence-corrected chi connectivity index (χ4v) is 1.73. The fraction of sp³-hybridized carbons (Fsp3) is 0.250. The molecule has 3 nitrogen and oxygen atoms in total. The maximum absolute atomic E-state index is 13.6. The summed E-state index contributed by atoms with van der Waals surface area (Å²) in [6.45, 7) is 1.57. The Balaban J connectivity index is 2.48. The highest BCUT2D eigenvalue weighted by Crippen LogP contribution is 2.23. The van der Waals surface area contributed by atoms with Crippen molar-refractivity contribution in [2.24, 2.45) is 12.8 Å². The zero-order valence-electron chi connectivity index (χ0n) is 9.61. The summed E-state index contributed by atoms with van der Waals surface area (Å²) in [5, 5.41) is 0. The van der Waals surface area contributed by atoms with Crippen molar-refractivity contribution in [2.45, 2.75) is 13.0 Å². The molecule has 0 fully saturated rings. The van der Waals surface area contributed by atoms with Crippen LogP contribution in [0, 0.1) is 18.6 Å². The van der Waals surface area contributed by atoms with Gasteiger partial charge in [-0.2, -0.15) is 0 Å². The molecule has 0 amide bonds. The van der Waals surface area contributed by atoms with Crippen LogP contribution in [0.1, 0.15) is 23.0 Å². The molecule has 2 rings (SSSR count). The van der Waals surface area contributed by atoms with E-state index >= 15 is 0 Å². The van der Waals surface area contributed by atoms with E-state index in [0.717, 1.165) is 6.07 Å². The summed E-state index contributed by atoms with van der Waals surface area (Å²) in [4.78, 5) is 4.06. The first-order valence-corrected chi connectivity index (χ1v) is 5.19. The fourth-order valence-electron chi connectivity index (χ4n) is 1.73. The molecule has 1 aromatic heterocycles. The molecule has 0 saturated carbocycles. The van der Waals surface area contributed by atoms with Crippen LogP contribution in [-0.4, -0.2) is 9.55 Å². The average Bonchev–Trinajstić information content (AvgIpc) is 2.69. The minimum atomic E-state index is -0.700. The lowest BCUT2D eigenvalue weighted by atomic mass is 10.0. The summed E-state index contributed by atoms with van der Waals surface area (Å²) in [5.74, 6) is -0.684. The number of nitrogens with two attached hydrogens (primary N) is 1. The quantitative estimate of drug-likeness (QED) is 0.868. The Kier molecular flexibility index (Phi) is 2.93. The molecule has 0 aliphatic heterocycles. The first-order chi connectivity index (χ1) is 8.00. The smallest absolute Gasteiger partial charge is 0.131 e. The molecule has 0 radical (unpaired) electrons. The highest BCUT2D eigenvalue weighted by Gasteiger charge is 2.18. The lowest BCUT2D eigenvalue weighted by molar-refractivity contribution is 0.555. The minimum Gasteiger partial charge on any atom is -0.336 e. The topological polar surface area (TPSA) is 43.8 Å². The van der Waals surface area contributed by atoms with Crippen LogP contribution in [0.5, 0.6) is 0 Å². The number of nitrogens with zero attached hydrogens (tertiary/aromatic N) is 2. The molecule has 0 bridgehead atoms. The predicted octanol–water partition coefficient (Wildman–Crippen LogP) is 2.05. The molecule has 5 heteroatoms. The molecule has 0 saturated heterocycles. The predicted molar refractivity (Wildman–Crippen MR) is 60.3 cm³/mol. The third-order valence-corrected chi connectivity index (χ3v) is 2.75. The molecular weight excluding hydrogens is 224 g/mol. The Morgan fingerprint density at radius 2 is 2.00 bits per heavy atom. The van der Waals surface area contributed by atoms with Gasteiger partial charge in [0.25, 0.3) is 0 Å². The number of benzene rings is 1. The van der Waals surface area contributed by atoms with Crippen molar-refractivity contribution in [2.75, 3.05) is 0 Å². The van der Waals surface area contributed by atoms with E-state index in [1.807, 2.05) is 0 Å². The molecule has 1 heterocycles. The first-order valence-electron chi connectivity index (χ1n) is 5.19. The molecule has 1 unspecified atom stereocenters. The van der Waals surface area contributed by atoms with Crippen molar-refractivity contribution in [1.82, 2.24) is 9.55 Å². The van der Waals surface area contributed by atoms with Gasteiger partial charge < -0.3 is 10.3 Å². The minimum absolute atomic E-state index is 0.248. The monoisotopic (exact) mass is 237 g/mol. The number of aromatic nitrogens is 2. The van der Waals surface area contributed by atoms with E-state index < -0.39 is 17.7 Å². The molecule has 0 aliphatic rings. The zero-order valence-corrected chi connectivity index (χ0v) is 9.61. The summed E-state index contributed by atoms with van der Waals surface area (Å²) in [7, 11) is 1.77. The number of imidazole rings is 1. The van der Waals surface area contributed by atoms with E-state index in [-0.39, 0.29) is 5.56 Å². The summed E-state index contributed by atoms with van der Waals surface area (Å²) < 4.78 is 28.5. The second kappa shape index (κ2) is 4.25. The number of aryl methyl sites for hydroxylation is 2. The van der Waals surface area contributed by atoms with Crippen molar-refractivity contribution in [3.8, 4) is 0 Å². The Labute approximate surface area is 97.9 Å². The van der Waals surface area contributed by atoms with Gasteiger partial charge in [-0.05, 0) is 18.6 Å². The highest BCUT2D eigenvalue weighted by atomic mass is 19.1. The Morgan fingerprint density at radius 3 is 2.59 bits per heavy atom. The average molecular weight is 237 g/mol. The third-order valence-electron chi connectivity index (χ3n) is 2.75. The lowest BCUT2D eigenvalue weighted by Crippen LogP contribution is -2.18.